The van der Waals surface area contributed by atoms with Crippen LogP contribution in [0.25, 0.3) is 0 Å². The number of nitrogens with zero attached hydrogens (tertiary/aromatic N) is 2. The van der Waals surface area contributed by atoms with Crippen LogP contribution >= 0.6 is 0 Å². The zero-order valence-corrected chi connectivity index (χ0v) is 12.1. The van der Waals surface area contributed by atoms with Crippen LogP contribution in [0, 0.1) is 0 Å². The maximum atomic E-state index is 13.1. The highest BCUT2D eigenvalue weighted by molar-refractivity contribution is 5.47. The first-order valence-corrected chi connectivity index (χ1v) is 6.41. The van der Waals surface area contributed by atoms with E-state index in [1.54, 1.807) is 0 Å². The van der Waals surface area contributed by atoms with Crippen molar-refractivity contribution in [3.05, 3.63) is 18.1 Å². The SMILES string of the molecule is CCC(C)(C)Nc1ncncc1C(COC=O)C(F)(F)F. The van der Waals surface area contributed by atoms with E-state index in [9.17, 15) is 18.0 Å². The maximum absolute atomic E-state index is 13.1. The minimum absolute atomic E-state index is 0.00831. The molecule has 1 unspecified atom stereocenters. The third kappa shape index (κ3) is 4.87. The average Bonchev–Trinajstić information content (AvgIpc) is 2.39. The van der Waals surface area contributed by atoms with Crippen LogP contribution in [0.5, 0.6) is 0 Å². The second-order valence-corrected chi connectivity index (χ2v) is 5.21. The number of anilines is 1. The molecule has 1 rings (SSSR count). The van der Waals surface area contributed by atoms with Crippen molar-refractivity contribution in [2.24, 2.45) is 0 Å². The standard InChI is InChI=1S/C13H18F3N3O2/c1-4-12(2,3)19-11-9(5-17-7-18-11)10(6-21-8-20)13(14,15)16/h5,7-8,10H,4,6H2,1-3H3,(H,17,18,19). The van der Waals surface area contributed by atoms with Gasteiger partial charge in [-0.3, -0.25) is 4.79 Å². The fraction of sp³-hybridized carbons (Fsp3) is 0.615. The van der Waals surface area contributed by atoms with Gasteiger partial charge < -0.3 is 10.1 Å². The lowest BCUT2D eigenvalue weighted by atomic mass is 9.98. The summed E-state index contributed by atoms with van der Waals surface area (Å²) in [5.74, 6) is -1.88. The van der Waals surface area contributed by atoms with Crippen molar-refractivity contribution >= 4 is 12.3 Å². The van der Waals surface area contributed by atoms with Crippen LogP contribution < -0.4 is 5.32 Å². The molecule has 1 atom stereocenters. The van der Waals surface area contributed by atoms with Crippen LogP contribution in [0.1, 0.15) is 38.7 Å². The van der Waals surface area contributed by atoms with Gasteiger partial charge in [0.2, 0.25) is 0 Å². The van der Waals surface area contributed by atoms with Gasteiger partial charge in [-0.1, -0.05) is 6.92 Å². The van der Waals surface area contributed by atoms with Gasteiger partial charge >= 0.3 is 6.18 Å². The molecular weight excluding hydrogens is 287 g/mol. The van der Waals surface area contributed by atoms with E-state index >= 15 is 0 Å². The van der Waals surface area contributed by atoms with Gasteiger partial charge in [0.15, 0.2) is 0 Å². The van der Waals surface area contributed by atoms with E-state index in [1.165, 1.54) is 6.33 Å². The molecule has 0 aliphatic carbocycles. The quantitative estimate of drug-likeness (QED) is 0.785. The Hall–Kier alpha value is -1.86. The van der Waals surface area contributed by atoms with Crippen molar-refractivity contribution in [3.63, 3.8) is 0 Å². The van der Waals surface area contributed by atoms with Crippen LogP contribution in [-0.2, 0) is 9.53 Å². The Kier molecular flexibility index (Phi) is 5.51. The van der Waals surface area contributed by atoms with Crippen molar-refractivity contribution in [1.82, 2.24) is 9.97 Å². The van der Waals surface area contributed by atoms with Gasteiger partial charge in [-0.2, -0.15) is 13.2 Å². The molecule has 0 aliphatic heterocycles. The third-order valence-corrected chi connectivity index (χ3v) is 3.18. The Balaban J connectivity index is 3.16. The summed E-state index contributed by atoms with van der Waals surface area (Å²) in [5.41, 5.74) is -0.571. The molecule has 0 fully saturated rings. The van der Waals surface area contributed by atoms with E-state index in [1.807, 2.05) is 20.8 Å². The van der Waals surface area contributed by atoms with Gasteiger partial charge in [-0.25, -0.2) is 9.97 Å². The number of alkyl halides is 3. The molecule has 0 aromatic carbocycles. The summed E-state index contributed by atoms with van der Waals surface area (Å²) in [5, 5.41) is 2.97. The summed E-state index contributed by atoms with van der Waals surface area (Å²) in [7, 11) is 0. The van der Waals surface area contributed by atoms with Gasteiger partial charge in [0.05, 0.1) is 0 Å². The largest absolute Gasteiger partial charge is 0.467 e. The number of hydrogen-bond acceptors (Lipinski definition) is 5. The number of carbonyl (C=O) groups excluding carboxylic acids is 1. The molecule has 0 bridgehead atoms. The summed E-state index contributed by atoms with van der Waals surface area (Å²) in [6.45, 7) is 4.80. The first-order chi connectivity index (χ1) is 9.71. The zero-order valence-electron chi connectivity index (χ0n) is 12.1. The van der Waals surface area contributed by atoms with E-state index in [-0.39, 0.29) is 17.9 Å². The summed E-state index contributed by atoms with van der Waals surface area (Å²) < 4.78 is 43.7. The van der Waals surface area contributed by atoms with Crippen LogP contribution in [0.4, 0.5) is 19.0 Å². The molecule has 0 saturated carbocycles. The van der Waals surface area contributed by atoms with Gasteiger partial charge in [-0.15, -0.1) is 0 Å². The summed E-state index contributed by atoms with van der Waals surface area (Å²) >= 11 is 0. The number of halogens is 3. The fourth-order valence-electron chi connectivity index (χ4n) is 1.60. The maximum Gasteiger partial charge on any atom is 0.399 e. The van der Waals surface area contributed by atoms with Gasteiger partial charge in [0, 0.05) is 17.3 Å². The summed E-state index contributed by atoms with van der Waals surface area (Å²) in [6.07, 6.45) is -1.61. The molecule has 0 saturated heterocycles. The third-order valence-electron chi connectivity index (χ3n) is 3.18. The van der Waals surface area contributed by atoms with E-state index in [0.717, 1.165) is 6.20 Å². The average molecular weight is 305 g/mol. The second-order valence-electron chi connectivity index (χ2n) is 5.21. The van der Waals surface area contributed by atoms with Crippen LogP contribution in [-0.4, -0.2) is 34.8 Å². The molecule has 21 heavy (non-hydrogen) atoms. The Bertz CT molecular complexity index is 478. The van der Waals surface area contributed by atoms with E-state index < -0.39 is 24.2 Å². The number of aromatic nitrogens is 2. The van der Waals surface area contributed by atoms with Crippen molar-refractivity contribution < 1.29 is 22.7 Å². The molecule has 1 heterocycles. The first-order valence-electron chi connectivity index (χ1n) is 6.41. The number of ether oxygens (including phenoxy) is 1. The molecule has 1 N–H and O–H groups in total. The van der Waals surface area contributed by atoms with Gasteiger partial charge in [-0.05, 0) is 20.3 Å². The molecule has 118 valence electrons. The first kappa shape index (κ1) is 17.2. The number of rotatable bonds is 7. The molecular formula is C13H18F3N3O2. The van der Waals surface area contributed by atoms with E-state index in [2.05, 4.69) is 20.0 Å². The van der Waals surface area contributed by atoms with E-state index in [4.69, 9.17) is 0 Å². The monoisotopic (exact) mass is 305 g/mol. The van der Waals surface area contributed by atoms with Gasteiger partial charge in [0.25, 0.3) is 6.47 Å². The van der Waals surface area contributed by atoms with Crippen molar-refractivity contribution in [3.8, 4) is 0 Å². The van der Waals surface area contributed by atoms with E-state index in [0.29, 0.717) is 6.42 Å². The molecule has 0 aliphatic rings. The van der Waals surface area contributed by atoms with Crippen LogP contribution in [0.2, 0.25) is 0 Å². The van der Waals surface area contributed by atoms with Crippen molar-refractivity contribution in [2.45, 2.75) is 44.8 Å². The van der Waals surface area contributed by atoms with Crippen LogP contribution in [0.3, 0.4) is 0 Å². The lowest BCUT2D eigenvalue weighted by Crippen LogP contribution is -2.33. The number of carbonyl (C=O) groups is 1. The van der Waals surface area contributed by atoms with Gasteiger partial charge in [0.1, 0.15) is 24.7 Å². The number of hydrogen-bond donors (Lipinski definition) is 1. The second kappa shape index (κ2) is 6.73. The Morgan fingerprint density at radius 3 is 2.62 bits per heavy atom. The predicted molar refractivity (Wildman–Crippen MR) is 70.8 cm³/mol. The highest BCUT2D eigenvalue weighted by Gasteiger charge is 2.43. The molecule has 1 aromatic heterocycles. The Morgan fingerprint density at radius 2 is 2.10 bits per heavy atom. The highest BCUT2D eigenvalue weighted by Crippen LogP contribution is 2.38. The minimum atomic E-state index is -4.57. The molecule has 0 spiro atoms. The highest BCUT2D eigenvalue weighted by atomic mass is 19.4. The lowest BCUT2D eigenvalue weighted by molar-refractivity contribution is -0.164. The Labute approximate surface area is 120 Å². The fourth-order valence-corrected chi connectivity index (χ4v) is 1.60. The molecule has 0 radical (unpaired) electrons. The molecule has 8 heteroatoms. The predicted octanol–water partition coefficient (Wildman–Crippen LogP) is 2.90. The topological polar surface area (TPSA) is 64.1 Å². The summed E-state index contributed by atoms with van der Waals surface area (Å²) in [6, 6.07) is 0. The summed E-state index contributed by atoms with van der Waals surface area (Å²) in [4.78, 5) is 17.7. The lowest BCUT2D eigenvalue weighted by Gasteiger charge is -2.28. The Morgan fingerprint density at radius 1 is 1.43 bits per heavy atom. The zero-order chi connectivity index (χ0) is 16.1. The van der Waals surface area contributed by atoms with Crippen molar-refractivity contribution in [2.75, 3.05) is 11.9 Å². The molecule has 1 aromatic rings. The van der Waals surface area contributed by atoms with Crippen LogP contribution in [0.15, 0.2) is 12.5 Å². The van der Waals surface area contributed by atoms with Crippen molar-refractivity contribution in [1.29, 1.82) is 0 Å². The molecule has 0 amide bonds. The normalized spacial score (nSPS) is 13.6. The minimum Gasteiger partial charge on any atom is -0.467 e. The smallest absolute Gasteiger partial charge is 0.399 e. The molecule has 5 nitrogen and oxygen atoms in total. The number of nitrogens with one attached hydrogen (secondary N) is 1.